The van der Waals surface area contributed by atoms with Crippen LogP contribution in [0.1, 0.15) is 41.4 Å². The Balaban J connectivity index is 1.42. The van der Waals surface area contributed by atoms with Crippen molar-refractivity contribution in [3.8, 4) is 0 Å². The molecule has 0 bridgehead atoms. The van der Waals surface area contributed by atoms with Gasteiger partial charge in [-0.15, -0.1) is 0 Å². The Bertz CT molecular complexity index is 1980. The predicted octanol–water partition coefficient (Wildman–Crippen LogP) is 5.34. The van der Waals surface area contributed by atoms with Crippen molar-refractivity contribution in [1.82, 2.24) is 0 Å². The number of rotatable bonds is 12. The number of ether oxygens (including phenoxy) is 5. The van der Waals surface area contributed by atoms with Crippen LogP contribution in [0.2, 0.25) is 0 Å². The molecule has 1 heterocycles. The summed E-state index contributed by atoms with van der Waals surface area (Å²) in [6, 6.07) is 41.4. The fourth-order valence-electron chi connectivity index (χ4n) is 5.58. The molecule has 0 spiro atoms. The van der Waals surface area contributed by atoms with Crippen molar-refractivity contribution < 1.29 is 42.9 Å². The zero-order valence-electron chi connectivity index (χ0n) is 29.0. The summed E-state index contributed by atoms with van der Waals surface area (Å²) < 4.78 is 31.1. The second-order valence-electron chi connectivity index (χ2n) is 12.2. The van der Waals surface area contributed by atoms with Gasteiger partial charge in [-0.05, 0) is 0 Å². The van der Waals surface area contributed by atoms with E-state index in [9.17, 15) is 19.2 Å². The molecule has 5 aromatic carbocycles. The van der Waals surface area contributed by atoms with E-state index < -0.39 is 73.4 Å². The van der Waals surface area contributed by atoms with E-state index in [0.717, 1.165) is 9.30 Å². The molecule has 53 heavy (non-hydrogen) atoms. The van der Waals surface area contributed by atoms with Crippen LogP contribution in [0.5, 0.6) is 0 Å². The molecule has 270 valence electrons. The molecule has 5 aromatic rings. The maximum absolute atomic E-state index is 13.8. The first-order chi connectivity index (χ1) is 25.8. The summed E-state index contributed by atoms with van der Waals surface area (Å²) in [4.78, 5) is 56.4. The van der Waals surface area contributed by atoms with Crippen LogP contribution in [0.4, 0.5) is 5.69 Å². The number of nitrogens with zero attached hydrogens (tertiary/aromatic N) is 1. The maximum atomic E-state index is 13.8. The van der Waals surface area contributed by atoms with E-state index in [-0.39, 0.29) is 23.3 Å². The Morgan fingerprint density at radius 1 is 0.528 bits per heavy atom. The van der Waals surface area contributed by atoms with Crippen molar-refractivity contribution in [2.24, 2.45) is 0 Å². The zero-order chi connectivity index (χ0) is 37.2. The number of hydrogen-bond acceptors (Lipinski definition) is 10. The van der Waals surface area contributed by atoms with Crippen LogP contribution in [0, 0.1) is 0 Å². The third-order valence-electron chi connectivity index (χ3n) is 8.34. The fourth-order valence-corrected chi connectivity index (χ4v) is 8.73. The molecule has 5 atom stereocenters. The quantitative estimate of drug-likeness (QED) is 0.0928. The Labute approximate surface area is 317 Å². The molecular weight excluding hydrogens is 790 g/mol. The summed E-state index contributed by atoms with van der Waals surface area (Å²) in [6.07, 6.45) is -5.08. The van der Waals surface area contributed by atoms with Gasteiger partial charge in [0.05, 0.1) is 0 Å². The van der Waals surface area contributed by atoms with Crippen molar-refractivity contribution in [2.75, 3.05) is 25.6 Å². The predicted molar refractivity (Wildman–Crippen MR) is 198 cm³/mol. The van der Waals surface area contributed by atoms with Gasteiger partial charge in [0.1, 0.15) is 0 Å². The van der Waals surface area contributed by atoms with E-state index >= 15 is 0 Å². The molecule has 0 aromatic heterocycles. The van der Waals surface area contributed by atoms with E-state index in [1.54, 1.807) is 121 Å². The molecule has 0 N–H and O–H groups in total. The van der Waals surface area contributed by atoms with Gasteiger partial charge in [0, 0.05) is 0 Å². The van der Waals surface area contributed by atoms with Gasteiger partial charge < -0.3 is 0 Å². The van der Waals surface area contributed by atoms with Crippen LogP contribution in [0.15, 0.2) is 146 Å². The van der Waals surface area contributed by atoms with Crippen LogP contribution < -0.4 is 8.51 Å². The first kappa shape index (κ1) is 37.3. The van der Waals surface area contributed by atoms with Crippen molar-refractivity contribution in [3.05, 3.63) is 168 Å². The average Bonchev–Trinajstić information content (AvgIpc) is 3.20. The normalized spacial score (nSPS) is 19.3. The van der Waals surface area contributed by atoms with Crippen LogP contribution >= 0.6 is 0 Å². The van der Waals surface area contributed by atoms with E-state index in [0.29, 0.717) is 5.56 Å². The number of anilines is 1. The van der Waals surface area contributed by atoms with Gasteiger partial charge in [0.25, 0.3) is 0 Å². The number of carbonyl (C=O) groups excluding carboxylic acids is 4. The average molecular weight is 827 g/mol. The Morgan fingerprint density at radius 3 is 1.36 bits per heavy atom. The van der Waals surface area contributed by atoms with Gasteiger partial charge in [-0.25, -0.2) is 0 Å². The Morgan fingerprint density at radius 2 is 0.925 bits per heavy atom. The van der Waals surface area contributed by atoms with Gasteiger partial charge in [0.15, 0.2) is 0 Å². The van der Waals surface area contributed by atoms with E-state index in [1.165, 1.54) is 0 Å². The van der Waals surface area contributed by atoms with Gasteiger partial charge in [0.2, 0.25) is 0 Å². The number of esters is 4. The van der Waals surface area contributed by atoms with Crippen molar-refractivity contribution in [2.45, 2.75) is 28.6 Å². The molecule has 1 saturated heterocycles. The Hall–Kier alpha value is -5.47. The summed E-state index contributed by atoms with van der Waals surface area (Å²) in [5.74, 6) is -2.76. The first-order valence-corrected chi connectivity index (χ1v) is 19.4. The molecule has 1 fully saturated rings. The number of carbonyl (C=O) groups is 4. The summed E-state index contributed by atoms with van der Waals surface area (Å²) >= 11 is -1.40. The number of hydrogen-bond donors (Lipinski definition) is 0. The SMILES string of the molecule is CN(C)c1ccc([Te][C@@H]2O[C@H](COC(=O)c3ccccc3)[C@@H](OC(=O)c3ccccc3)[C@H](OC(=O)c3ccccc3)[C@H]2OC(=O)c2ccccc2)cc1. The first-order valence-electron chi connectivity index (χ1n) is 16.9. The molecule has 10 nitrogen and oxygen atoms in total. The minimum atomic E-state index is -1.40. The summed E-state index contributed by atoms with van der Waals surface area (Å²) in [6.45, 7) is -0.359. The molecule has 0 amide bonds. The molecule has 1 aliphatic heterocycles. The Kier molecular flexibility index (Phi) is 12.6. The minimum absolute atomic E-state index is 0.232. The molecule has 1 aliphatic rings. The van der Waals surface area contributed by atoms with Gasteiger partial charge in [-0.3, -0.25) is 0 Å². The van der Waals surface area contributed by atoms with E-state index in [4.69, 9.17) is 23.7 Å². The third-order valence-corrected chi connectivity index (χ3v) is 11.6. The van der Waals surface area contributed by atoms with Crippen LogP contribution in [-0.4, -0.2) is 94.1 Å². The van der Waals surface area contributed by atoms with Crippen molar-refractivity contribution in [1.29, 1.82) is 0 Å². The molecule has 0 unspecified atom stereocenters. The molecule has 0 saturated carbocycles. The van der Waals surface area contributed by atoms with Crippen LogP contribution in [0.3, 0.4) is 0 Å². The van der Waals surface area contributed by atoms with Gasteiger partial charge >= 0.3 is 319 Å². The zero-order valence-corrected chi connectivity index (χ0v) is 31.3. The van der Waals surface area contributed by atoms with E-state index in [2.05, 4.69) is 0 Å². The monoisotopic (exact) mass is 829 g/mol. The van der Waals surface area contributed by atoms with Crippen molar-refractivity contribution >= 4 is 54.1 Å². The molecule has 0 radical (unpaired) electrons. The van der Waals surface area contributed by atoms with E-state index in [1.807, 2.05) is 43.3 Å². The van der Waals surface area contributed by atoms with Gasteiger partial charge in [-0.2, -0.15) is 0 Å². The standard InChI is InChI=1S/C42H37NO9Te/c1-43(2)32-23-25-33(26-24-32)53-42-37(52-41(47)31-21-13-6-14-22-31)36(51-40(46)30-19-11-5-12-20-30)35(50-39(45)29-17-9-4-10-18-29)34(49-42)27-48-38(44)28-15-7-3-8-16-28/h3-26,34-37,42H,27H2,1-2H3/t34-,35-,36+,37-,42+/m1/s1. The molecule has 11 heteroatoms. The second kappa shape index (κ2) is 17.8. The molecule has 0 aliphatic carbocycles. The fraction of sp³-hybridized carbons (Fsp3) is 0.190. The second-order valence-corrected chi connectivity index (χ2v) is 15.6. The van der Waals surface area contributed by atoms with Crippen LogP contribution in [0.25, 0.3) is 0 Å². The molecular formula is C42H37NO9Te. The summed E-state index contributed by atoms with van der Waals surface area (Å²) in [7, 11) is 3.89. The summed E-state index contributed by atoms with van der Waals surface area (Å²) in [5.41, 5.74) is 2.04. The summed E-state index contributed by atoms with van der Waals surface area (Å²) in [5, 5.41) is 0. The van der Waals surface area contributed by atoms with Crippen LogP contribution in [-0.2, 0) is 23.7 Å². The number of benzene rings is 5. The van der Waals surface area contributed by atoms with Gasteiger partial charge in [-0.1, -0.05) is 0 Å². The molecule has 6 rings (SSSR count). The third kappa shape index (κ3) is 9.70. The van der Waals surface area contributed by atoms with Crippen molar-refractivity contribution in [3.63, 3.8) is 0 Å². The topological polar surface area (TPSA) is 118 Å².